The van der Waals surface area contributed by atoms with Gasteiger partial charge >= 0.3 is 0 Å². The average Bonchev–Trinajstić information content (AvgIpc) is 2.89. The van der Waals surface area contributed by atoms with Crippen LogP contribution in [0.25, 0.3) is 0 Å². The summed E-state index contributed by atoms with van der Waals surface area (Å²) in [6, 6.07) is 13.1. The Bertz CT molecular complexity index is 869. The number of amides is 2. The van der Waals surface area contributed by atoms with Crippen molar-refractivity contribution in [3.8, 4) is 0 Å². The number of benzene rings is 2. The summed E-state index contributed by atoms with van der Waals surface area (Å²) >= 11 is 6.17. The molecule has 1 aliphatic rings. The molecule has 3 rings (SSSR count). The third-order valence-corrected chi connectivity index (χ3v) is 5.33. The molecule has 0 radical (unpaired) electrons. The molecule has 1 heterocycles. The van der Waals surface area contributed by atoms with Gasteiger partial charge in [0.15, 0.2) is 0 Å². The van der Waals surface area contributed by atoms with E-state index in [4.69, 9.17) is 11.6 Å². The van der Waals surface area contributed by atoms with E-state index in [1.165, 1.54) is 5.56 Å². The van der Waals surface area contributed by atoms with Gasteiger partial charge in [0.1, 0.15) is 0 Å². The van der Waals surface area contributed by atoms with E-state index in [0.717, 1.165) is 24.2 Å². The number of hydrogen-bond acceptors (Lipinski definition) is 3. The molecule has 0 aromatic heterocycles. The van der Waals surface area contributed by atoms with E-state index in [1.54, 1.807) is 12.1 Å². The van der Waals surface area contributed by atoms with Crippen LogP contribution in [0.4, 0.5) is 5.69 Å². The lowest BCUT2D eigenvalue weighted by atomic mass is 10.1. The van der Waals surface area contributed by atoms with E-state index in [2.05, 4.69) is 16.3 Å². The van der Waals surface area contributed by atoms with Crippen molar-refractivity contribution >= 4 is 29.1 Å². The van der Waals surface area contributed by atoms with E-state index in [0.29, 0.717) is 36.8 Å². The Morgan fingerprint density at radius 3 is 2.57 bits per heavy atom. The second kappa shape index (κ2) is 9.22. The van der Waals surface area contributed by atoms with Gasteiger partial charge < -0.3 is 10.2 Å². The van der Waals surface area contributed by atoms with Crippen LogP contribution < -0.4 is 5.32 Å². The predicted octanol–water partition coefficient (Wildman–Crippen LogP) is 3.74. The molecule has 0 saturated carbocycles. The molecule has 5 nitrogen and oxygen atoms in total. The summed E-state index contributed by atoms with van der Waals surface area (Å²) in [5, 5.41) is 3.47. The molecule has 0 spiro atoms. The predicted molar refractivity (Wildman–Crippen MR) is 113 cm³/mol. The maximum Gasteiger partial charge on any atom is 0.255 e. The van der Waals surface area contributed by atoms with E-state index in [-0.39, 0.29) is 11.8 Å². The average molecular weight is 400 g/mol. The van der Waals surface area contributed by atoms with Gasteiger partial charge in [-0.1, -0.05) is 41.4 Å². The fourth-order valence-electron chi connectivity index (χ4n) is 3.48. The molecular formula is C22H26ClN3O2. The molecule has 148 valence electrons. The van der Waals surface area contributed by atoms with Crippen LogP contribution in [0.3, 0.4) is 0 Å². The maximum atomic E-state index is 12.8. The van der Waals surface area contributed by atoms with Gasteiger partial charge in [-0.05, 0) is 44.0 Å². The minimum Gasteiger partial charge on any atom is -0.337 e. The molecule has 0 bridgehead atoms. The minimum absolute atomic E-state index is 0.0298. The Morgan fingerprint density at radius 1 is 1.04 bits per heavy atom. The second-order valence-electron chi connectivity index (χ2n) is 7.27. The summed E-state index contributed by atoms with van der Waals surface area (Å²) in [6.45, 7) is 7.04. The fraction of sp³-hybridized carbons (Fsp3) is 0.364. The van der Waals surface area contributed by atoms with Gasteiger partial charge in [0.05, 0.1) is 17.1 Å². The van der Waals surface area contributed by atoms with E-state index in [1.807, 2.05) is 43.0 Å². The quantitative estimate of drug-likeness (QED) is 0.851. The van der Waals surface area contributed by atoms with Crippen LogP contribution in [-0.4, -0.2) is 54.3 Å². The van der Waals surface area contributed by atoms with Crippen molar-refractivity contribution in [3.05, 3.63) is 64.2 Å². The van der Waals surface area contributed by atoms with Crippen molar-refractivity contribution in [2.45, 2.75) is 20.3 Å². The molecule has 1 aliphatic heterocycles. The zero-order valence-electron chi connectivity index (χ0n) is 16.4. The molecule has 0 atom stereocenters. The summed E-state index contributed by atoms with van der Waals surface area (Å²) in [7, 11) is 0. The number of nitrogens with zero attached hydrogens (tertiary/aromatic N) is 2. The summed E-state index contributed by atoms with van der Waals surface area (Å²) in [5.74, 6) is -0.0787. The van der Waals surface area contributed by atoms with Crippen molar-refractivity contribution in [3.63, 3.8) is 0 Å². The third kappa shape index (κ3) is 5.12. The number of rotatable bonds is 4. The van der Waals surface area contributed by atoms with Gasteiger partial charge in [-0.15, -0.1) is 0 Å². The van der Waals surface area contributed by atoms with Crippen LogP contribution in [0.15, 0.2) is 42.5 Å². The van der Waals surface area contributed by atoms with Crippen molar-refractivity contribution < 1.29 is 9.59 Å². The first-order valence-electron chi connectivity index (χ1n) is 9.57. The third-order valence-electron chi connectivity index (χ3n) is 5.00. The van der Waals surface area contributed by atoms with Crippen LogP contribution in [0.1, 0.15) is 27.9 Å². The Balaban J connectivity index is 1.55. The molecule has 1 fully saturated rings. The van der Waals surface area contributed by atoms with E-state index in [9.17, 15) is 9.59 Å². The van der Waals surface area contributed by atoms with Crippen molar-refractivity contribution in [2.75, 3.05) is 38.0 Å². The first-order chi connectivity index (χ1) is 13.4. The van der Waals surface area contributed by atoms with Gasteiger partial charge in [0.25, 0.3) is 5.91 Å². The Kier molecular flexibility index (Phi) is 6.70. The highest BCUT2D eigenvalue weighted by atomic mass is 35.5. The van der Waals surface area contributed by atoms with Crippen LogP contribution >= 0.6 is 11.6 Å². The molecule has 2 aromatic rings. The zero-order chi connectivity index (χ0) is 20.1. The first kappa shape index (κ1) is 20.4. The number of hydrogen-bond donors (Lipinski definition) is 1. The van der Waals surface area contributed by atoms with Crippen LogP contribution in [-0.2, 0) is 4.79 Å². The van der Waals surface area contributed by atoms with Gasteiger partial charge in [-0.25, -0.2) is 0 Å². The van der Waals surface area contributed by atoms with Crippen molar-refractivity contribution in [1.82, 2.24) is 9.80 Å². The number of anilines is 1. The summed E-state index contributed by atoms with van der Waals surface area (Å²) < 4.78 is 0. The van der Waals surface area contributed by atoms with Gasteiger partial charge in [0, 0.05) is 31.9 Å². The summed E-state index contributed by atoms with van der Waals surface area (Å²) in [4.78, 5) is 29.1. The van der Waals surface area contributed by atoms with Crippen molar-refractivity contribution in [2.24, 2.45) is 0 Å². The molecular weight excluding hydrogens is 374 g/mol. The highest BCUT2D eigenvalue weighted by Gasteiger charge is 2.22. The van der Waals surface area contributed by atoms with Gasteiger partial charge in [-0.3, -0.25) is 14.5 Å². The van der Waals surface area contributed by atoms with E-state index < -0.39 is 0 Å². The van der Waals surface area contributed by atoms with E-state index >= 15 is 0 Å². The largest absolute Gasteiger partial charge is 0.337 e. The molecule has 2 aromatic carbocycles. The maximum absolute atomic E-state index is 12.8. The molecule has 2 amide bonds. The lowest BCUT2D eigenvalue weighted by Crippen LogP contribution is -2.38. The Morgan fingerprint density at radius 2 is 1.82 bits per heavy atom. The normalized spacial score (nSPS) is 15.2. The Hall–Kier alpha value is -2.37. The standard InChI is InChI=1S/C22H26ClN3O2/c1-16-8-9-20(17(2)14-16)24-21(27)15-25-10-5-11-26(13-12-25)22(28)18-6-3-4-7-19(18)23/h3-4,6-9,14H,5,10-13,15H2,1-2H3,(H,24,27). The number of carbonyl (C=O) groups is 2. The highest BCUT2D eigenvalue weighted by molar-refractivity contribution is 6.33. The number of halogens is 1. The monoisotopic (exact) mass is 399 g/mol. The number of aryl methyl sites for hydroxylation is 2. The van der Waals surface area contributed by atoms with Gasteiger partial charge in [-0.2, -0.15) is 0 Å². The number of carbonyl (C=O) groups excluding carboxylic acids is 2. The van der Waals surface area contributed by atoms with Gasteiger partial charge in [0.2, 0.25) is 5.91 Å². The second-order valence-corrected chi connectivity index (χ2v) is 7.68. The van der Waals surface area contributed by atoms with Crippen LogP contribution in [0.5, 0.6) is 0 Å². The smallest absolute Gasteiger partial charge is 0.255 e. The highest BCUT2D eigenvalue weighted by Crippen LogP contribution is 2.19. The molecule has 28 heavy (non-hydrogen) atoms. The first-order valence-corrected chi connectivity index (χ1v) is 9.95. The van der Waals surface area contributed by atoms with Crippen LogP contribution in [0.2, 0.25) is 5.02 Å². The Labute approximate surface area is 171 Å². The minimum atomic E-state index is -0.0489. The zero-order valence-corrected chi connectivity index (χ0v) is 17.1. The van der Waals surface area contributed by atoms with Crippen molar-refractivity contribution in [1.29, 1.82) is 0 Å². The van der Waals surface area contributed by atoms with Crippen LogP contribution in [0, 0.1) is 13.8 Å². The fourth-order valence-corrected chi connectivity index (χ4v) is 3.70. The number of nitrogens with one attached hydrogen (secondary N) is 1. The molecule has 6 heteroatoms. The summed E-state index contributed by atoms with van der Waals surface area (Å²) in [5.41, 5.74) is 3.61. The SMILES string of the molecule is Cc1ccc(NC(=O)CN2CCCN(C(=O)c3ccccc3Cl)CC2)c(C)c1. The topological polar surface area (TPSA) is 52.7 Å². The summed E-state index contributed by atoms with van der Waals surface area (Å²) in [6.07, 6.45) is 0.826. The molecule has 1 N–H and O–H groups in total. The molecule has 1 saturated heterocycles. The lowest BCUT2D eigenvalue weighted by Gasteiger charge is -2.22. The molecule has 0 unspecified atom stereocenters. The molecule has 0 aliphatic carbocycles. The lowest BCUT2D eigenvalue weighted by molar-refractivity contribution is -0.117.